The number of hydrogen-bond acceptors (Lipinski definition) is 12. The first-order valence-electron chi connectivity index (χ1n) is 16.4. The highest BCUT2D eigenvalue weighted by Gasteiger charge is 2.21. The van der Waals surface area contributed by atoms with E-state index in [0.717, 1.165) is 11.1 Å². The van der Waals surface area contributed by atoms with Crippen LogP contribution in [0, 0.1) is 0 Å². The molecule has 6 N–H and O–H groups in total. The first kappa shape index (κ1) is 34.8. The Bertz CT molecular complexity index is 2670. The maximum Gasteiger partial charge on any atom is 0.336 e. The summed E-state index contributed by atoms with van der Waals surface area (Å²) in [6, 6.07) is 23.6. The van der Waals surface area contributed by atoms with Gasteiger partial charge >= 0.3 is 5.97 Å². The van der Waals surface area contributed by atoms with Crippen molar-refractivity contribution >= 4 is 40.0 Å². The second-order valence-electron chi connectivity index (χ2n) is 12.1. The summed E-state index contributed by atoms with van der Waals surface area (Å²) in [6.45, 7) is 2.73. The minimum absolute atomic E-state index is 0.0198. The van der Waals surface area contributed by atoms with Crippen molar-refractivity contribution in [3.05, 3.63) is 130 Å². The number of nitrogen functional groups attached to an aromatic ring is 1. The molecule has 6 aromatic rings. The molecule has 0 spiro atoms. The zero-order chi connectivity index (χ0) is 37.8. The van der Waals surface area contributed by atoms with Gasteiger partial charge in [0.25, 0.3) is 0 Å². The Morgan fingerprint density at radius 1 is 0.981 bits per heavy atom. The second-order valence-corrected chi connectivity index (χ2v) is 12.1. The van der Waals surface area contributed by atoms with E-state index in [1.807, 2.05) is 30.5 Å². The fraction of sp³-hybridized carbons (Fsp3) is 0.105. The minimum Gasteiger partial charge on any atom is -0.508 e. The summed E-state index contributed by atoms with van der Waals surface area (Å²) >= 11 is 0. The molecule has 1 amide bonds. The molecule has 0 saturated carbocycles. The van der Waals surface area contributed by atoms with Gasteiger partial charge in [-0.1, -0.05) is 47.7 Å². The number of nitrogens with zero attached hydrogens (tertiary/aromatic N) is 6. The number of aromatic hydroxyl groups is 1. The molecule has 3 aromatic carbocycles. The fourth-order valence-electron chi connectivity index (χ4n) is 5.76. The molecule has 1 aliphatic carbocycles. The van der Waals surface area contributed by atoms with Gasteiger partial charge in [-0.3, -0.25) is 9.59 Å². The Hall–Kier alpha value is -7.62. The third-order valence-electron chi connectivity index (χ3n) is 8.22. The number of rotatable bonds is 9. The zero-order valence-electron chi connectivity index (χ0n) is 28.6. The van der Waals surface area contributed by atoms with Crippen LogP contribution >= 0.6 is 0 Å². The van der Waals surface area contributed by atoms with E-state index in [9.17, 15) is 24.6 Å². The van der Waals surface area contributed by atoms with Gasteiger partial charge in [-0.2, -0.15) is 9.97 Å². The van der Waals surface area contributed by atoms with Crippen molar-refractivity contribution in [1.82, 2.24) is 40.2 Å². The summed E-state index contributed by atoms with van der Waals surface area (Å²) in [5.41, 5.74) is 11.6. The van der Waals surface area contributed by atoms with Crippen LogP contribution in [0.2, 0.25) is 0 Å². The molecule has 2 aliphatic rings. The first-order valence-corrected chi connectivity index (χ1v) is 16.4. The number of fused-ring (bicyclic) bond motifs is 3. The monoisotopic (exact) mass is 725 g/mol. The topological polar surface area (TPSA) is 237 Å². The summed E-state index contributed by atoms with van der Waals surface area (Å²) in [5, 5.41) is 30.8. The second kappa shape index (κ2) is 14.9. The number of amides is 1. The molecule has 0 atom stereocenters. The van der Waals surface area contributed by atoms with E-state index < -0.39 is 5.97 Å². The lowest BCUT2D eigenvalue weighted by molar-refractivity contribution is -0.119. The number of phenols is 1. The Labute approximate surface area is 305 Å². The van der Waals surface area contributed by atoms with Crippen molar-refractivity contribution in [3.8, 4) is 34.1 Å². The number of carbonyl (C=O) groups is 2. The van der Waals surface area contributed by atoms with Gasteiger partial charge in [-0.05, 0) is 47.0 Å². The van der Waals surface area contributed by atoms with Crippen LogP contribution in [0.3, 0.4) is 0 Å². The number of ether oxygens (including phenoxy) is 1. The fourth-order valence-corrected chi connectivity index (χ4v) is 5.76. The first-order chi connectivity index (χ1) is 26.1. The third kappa shape index (κ3) is 7.67. The largest absolute Gasteiger partial charge is 0.508 e. The molecular weight excluding hydrogens is 694 g/mol. The highest BCUT2D eigenvalue weighted by molar-refractivity contribution is 6.07. The molecule has 0 radical (unpaired) electrons. The van der Waals surface area contributed by atoms with Crippen LogP contribution < -0.4 is 21.2 Å². The van der Waals surface area contributed by atoms with Gasteiger partial charge in [0.2, 0.25) is 17.7 Å². The number of aromatic amines is 1. The van der Waals surface area contributed by atoms with Crippen LogP contribution in [0.25, 0.3) is 44.6 Å². The number of imidazole rings is 1. The predicted molar refractivity (Wildman–Crippen MR) is 197 cm³/mol. The van der Waals surface area contributed by atoms with Crippen LogP contribution in [0.1, 0.15) is 34.1 Å². The van der Waals surface area contributed by atoms with Crippen molar-refractivity contribution in [2.45, 2.75) is 26.6 Å². The molecule has 270 valence electrons. The average Bonchev–Trinajstić information content (AvgIpc) is 3.82. The number of aromatic nitrogens is 7. The Morgan fingerprint density at radius 2 is 1.78 bits per heavy atom. The standard InChI is InChI=1S/C20H12O5.C18H19N9O2/c21-11-5-7-15-17(9-11)25-18-10-12(22)6-8-16(18)19(15)13-3-1-2-4-14(13)20(23)24;1-11(28)20-6-14-8-27(26-25-14)7-12-2-4-13(5-3-12)9-29-17-15-16(22-10-21-15)23-18(19)24-17/h1-10,21H,(H,23,24);2-5,8,10H,6-7,9H2,1H3,(H,20,28)(H3,19,21,22,23,24). The molecule has 0 unspecified atom stereocenters. The molecule has 1 aliphatic heterocycles. The smallest absolute Gasteiger partial charge is 0.336 e. The quantitative estimate of drug-likeness (QED) is 0.126. The number of carboxylic acids is 1. The number of H-pyrrole nitrogens is 1. The Kier molecular flexibility index (Phi) is 9.62. The van der Waals surface area contributed by atoms with E-state index in [-0.39, 0.29) is 28.6 Å². The van der Waals surface area contributed by atoms with Gasteiger partial charge in [-0.15, -0.1) is 5.10 Å². The number of carbonyl (C=O) groups excluding carboxylic acids is 1. The van der Waals surface area contributed by atoms with E-state index in [4.69, 9.17) is 14.9 Å². The van der Waals surface area contributed by atoms with Gasteiger partial charge in [0.15, 0.2) is 11.1 Å². The minimum atomic E-state index is -1.04. The maximum absolute atomic E-state index is 11.7. The van der Waals surface area contributed by atoms with Crippen LogP contribution in [-0.4, -0.2) is 57.0 Å². The van der Waals surface area contributed by atoms with E-state index in [0.29, 0.717) is 75.9 Å². The van der Waals surface area contributed by atoms with Gasteiger partial charge in [0.1, 0.15) is 34.9 Å². The average molecular weight is 726 g/mol. The molecule has 8 rings (SSSR count). The number of anilines is 1. The summed E-state index contributed by atoms with van der Waals surface area (Å²) in [7, 11) is 0. The molecule has 16 heteroatoms. The van der Waals surface area contributed by atoms with Crippen LogP contribution in [0.5, 0.6) is 11.6 Å². The third-order valence-corrected chi connectivity index (χ3v) is 8.22. The summed E-state index contributed by atoms with van der Waals surface area (Å²) < 4.78 is 13.3. The zero-order valence-corrected chi connectivity index (χ0v) is 28.6. The number of benzene rings is 4. The number of carboxylic acid groups (broad SMARTS) is 1. The lowest BCUT2D eigenvalue weighted by atomic mass is 9.91. The molecule has 0 fully saturated rings. The molecule has 16 nitrogen and oxygen atoms in total. The van der Waals surface area contributed by atoms with E-state index in [2.05, 4.69) is 35.6 Å². The maximum atomic E-state index is 11.7. The predicted octanol–water partition coefficient (Wildman–Crippen LogP) is 4.76. The number of nitrogens with two attached hydrogens (primary N) is 1. The normalized spacial score (nSPS) is 11.0. The molecule has 54 heavy (non-hydrogen) atoms. The van der Waals surface area contributed by atoms with Crippen LogP contribution in [-0.2, 0) is 24.5 Å². The summed E-state index contributed by atoms with van der Waals surface area (Å²) in [6.07, 6.45) is 3.33. The van der Waals surface area contributed by atoms with Gasteiger partial charge < -0.3 is 35.4 Å². The van der Waals surface area contributed by atoms with Gasteiger partial charge in [-0.25, -0.2) is 14.5 Å². The van der Waals surface area contributed by atoms with Crippen molar-refractivity contribution < 1.29 is 29.0 Å². The molecular formula is C38H31N9O7. The van der Waals surface area contributed by atoms with E-state index >= 15 is 0 Å². The highest BCUT2D eigenvalue weighted by atomic mass is 16.5. The lowest BCUT2D eigenvalue weighted by Crippen LogP contribution is -2.19. The van der Waals surface area contributed by atoms with Crippen molar-refractivity contribution in [1.29, 1.82) is 0 Å². The number of nitrogens with one attached hydrogen (secondary N) is 2. The Balaban J connectivity index is 0.000000168. The molecule has 4 heterocycles. The Morgan fingerprint density at radius 3 is 2.57 bits per heavy atom. The number of hydrogen-bond donors (Lipinski definition) is 5. The van der Waals surface area contributed by atoms with Gasteiger partial charge in [0, 0.05) is 35.6 Å². The van der Waals surface area contributed by atoms with Crippen molar-refractivity contribution in [2.75, 3.05) is 5.73 Å². The van der Waals surface area contributed by atoms with Gasteiger partial charge in [0.05, 0.1) is 31.2 Å². The summed E-state index contributed by atoms with van der Waals surface area (Å²) in [4.78, 5) is 49.5. The van der Waals surface area contributed by atoms with Crippen molar-refractivity contribution in [3.63, 3.8) is 0 Å². The number of aromatic carboxylic acids is 1. The molecule has 0 saturated heterocycles. The lowest BCUT2D eigenvalue weighted by Gasteiger charge is -2.16. The van der Waals surface area contributed by atoms with E-state index in [1.54, 1.807) is 35.0 Å². The SMILES string of the molecule is CC(=O)NCc1cn(Cc2ccc(COc3nc(N)nc4nc[nH]c34)cc2)nn1.O=C(O)c1ccccc1-c1c2ccc(=O)cc-2oc2cc(O)ccc12. The number of phenolic OH excluding ortho intramolecular Hbond substituents is 1. The summed E-state index contributed by atoms with van der Waals surface area (Å²) in [5.74, 6) is -0.316. The van der Waals surface area contributed by atoms with Crippen LogP contribution in [0.4, 0.5) is 5.95 Å². The van der Waals surface area contributed by atoms with Crippen molar-refractivity contribution in [2.24, 2.45) is 0 Å². The van der Waals surface area contributed by atoms with Crippen LogP contribution in [0.15, 0.2) is 107 Å². The molecule has 3 aromatic heterocycles. The van der Waals surface area contributed by atoms with E-state index in [1.165, 1.54) is 43.6 Å². The highest BCUT2D eigenvalue weighted by Crippen LogP contribution is 2.41. The molecule has 0 bridgehead atoms.